The molecule has 0 aliphatic rings. The summed E-state index contributed by atoms with van der Waals surface area (Å²) in [6.45, 7) is -4.54. The standard InChI is InChI=1S/C14H15O7PS/c15-9-3-1-2-8(4-9)5-11(17)14-12(18)6-10(16)7-13(14)23-22(19,20)21/h1-4,6-7,11,15-18H,5H2,(H2,19,20,21). The summed E-state index contributed by atoms with van der Waals surface area (Å²) in [7, 11) is 0. The van der Waals surface area contributed by atoms with Crippen molar-refractivity contribution in [1.29, 1.82) is 0 Å². The van der Waals surface area contributed by atoms with E-state index in [0.29, 0.717) is 5.56 Å². The lowest BCUT2D eigenvalue weighted by molar-refractivity contribution is 0.171. The predicted octanol–water partition coefficient (Wildman–Crippen LogP) is 2.26. The number of aliphatic hydroxyl groups excluding tert-OH is 1. The van der Waals surface area contributed by atoms with Crippen LogP contribution in [0.5, 0.6) is 17.2 Å². The van der Waals surface area contributed by atoms with Crippen LogP contribution in [-0.2, 0) is 11.0 Å². The molecule has 0 aromatic heterocycles. The van der Waals surface area contributed by atoms with Crippen molar-refractivity contribution in [2.75, 3.05) is 0 Å². The van der Waals surface area contributed by atoms with Crippen molar-refractivity contribution in [2.45, 2.75) is 17.4 Å². The molecule has 23 heavy (non-hydrogen) atoms. The van der Waals surface area contributed by atoms with Gasteiger partial charge < -0.3 is 30.2 Å². The van der Waals surface area contributed by atoms with Crippen molar-refractivity contribution >= 4 is 18.2 Å². The van der Waals surface area contributed by atoms with Crippen LogP contribution in [0.3, 0.4) is 0 Å². The molecule has 6 N–H and O–H groups in total. The predicted molar refractivity (Wildman–Crippen MR) is 84.4 cm³/mol. The summed E-state index contributed by atoms with van der Waals surface area (Å²) in [5.74, 6) is -0.852. The third-order valence-electron chi connectivity index (χ3n) is 3.00. The van der Waals surface area contributed by atoms with Gasteiger partial charge in [-0.2, -0.15) is 0 Å². The van der Waals surface area contributed by atoms with Gasteiger partial charge in [0.2, 0.25) is 0 Å². The molecule has 0 aliphatic heterocycles. The highest BCUT2D eigenvalue weighted by Crippen LogP contribution is 2.57. The lowest BCUT2D eigenvalue weighted by Gasteiger charge is -2.17. The van der Waals surface area contributed by atoms with Gasteiger partial charge in [0.1, 0.15) is 17.2 Å². The molecule has 2 aromatic rings. The fraction of sp³-hybridized carbons (Fsp3) is 0.143. The van der Waals surface area contributed by atoms with Crippen molar-refractivity contribution < 1.29 is 34.8 Å². The molecule has 2 rings (SSSR count). The molecule has 1 atom stereocenters. The van der Waals surface area contributed by atoms with Crippen LogP contribution >= 0.6 is 18.2 Å². The summed E-state index contributed by atoms with van der Waals surface area (Å²) in [5.41, 5.74) is 0.469. The lowest BCUT2D eigenvalue weighted by atomic mass is 10.00. The van der Waals surface area contributed by atoms with E-state index in [4.69, 9.17) is 9.79 Å². The van der Waals surface area contributed by atoms with E-state index in [1.165, 1.54) is 12.1 Å². The Labute approximate surface area is 135 Å². The number of phenols is 3. The Balaban J connectivity index is 2.38. The normalized spacial score (nSPS) is 13.0. The molecule has 2 aromatic carbocycles. The molecular weight excluding hydrogens is 343 g/mol. The zero-order valence-electron chi connectivity index (χ0n) is 11.7. The summed E-state index contributed by atoms with van der Waals surface area (Å²) < 4.78 is 11.2. The minimum absolute atomic E-state index is 0.00144. The van der Waals surface area contributed by atoms with Gasteiger partial charge in [0.05, 0.1) is 6.10 Å². The van der Waals surface area contributed by atoms with E-state index in [9.17, 15) is 25.0 Å². The molecule has 0 heterocycles. The second-order valence-electron chi connectivity index (χ2n) is 4.85. The molecule has 0 saturated heterocycles. The summed E-state index contributed by atoms with van der Waals surface area (Å²) in [5, 5.41) is 39.2. The first-order valence-corrected chi connectivity index (χ1v) is 9.46. The van der Waals surface area contributed by atoms with E-state index in [-0.39, 0.29) is 39.8 Å². The van der Waals surface area contributed by atoms with Crippen molar-refractivity contribution in [3.05, 3.63) is 47.5 Å². The number of benzene rings is 2. The monoisotopic (exact) mass is 358 g/mol. The average Bonchev–Trinajstić information content (AvgIpc) is 2.35. The number of aromatic hydroxyl groups is 3. The van der Waals surface area contributed by atoms with Crippen LogP contribution in [-0.4, -0.2) is 30.2 Å². The Bertz CT molecular complexity index is 759. The number of rotatable bonds is 5. The molecule has 124 valence electrons. The van der Waals surface area contributed by atoms with Crippen molar-refractivity contribution in [2.24, 2.45) is 0 Å². The molecule has 0 fully saturated rings. The average molecular weight is 358 g/mol. The first-order chi connectivity index (χ1) is 10.7. The maximum absolute atomic E-state index is 11.2. The third-order valence-corrected chi connectivity index (χ3v) is 5.07. The van der Waals surface area contributed by atoms with Gasteiger partial charge in [0.15, 0.2) is 0 Å². The number of phenolic OH excluding ortho intramolecular Hbond substituents is 3. The van der Waals surface area contributed by atoms with Crippen LogP contribution in [0.25, 0.3) is 0 Å². The Morgan fingerprint density at radius 2 is 1.74 bits per heavy atom. The number of hydrogen-bond acceptors (Lipinski definition) is 6. The van der Waals surface area contributed by atoms with Gasteiger partial charge in [-0.25, -0.2) is 4.57 Å². The second-order valence-corrected chi connectivity index (χ2v) is 8.43. The van der Waals surface area contributed by atoms with E-state index in [1.54, 1.807) is 12.1 Å². The van der Waals surface area contributed by atoms with E-state index < -0.39 is 18.7 Å². The van der Waals surface area contributed by atoms with Gasteiger partial charge in [0.25, 0.3) is 0 Å². The van der Waals surface area contributed by atoms with Gasteiger partial charge in [0, 0.05) is 22.9 Å². The fourth-order valence-electron chi connectivity index (χ4n) is 2.15. The SMILES string of the molecule is O=P(O)(O)Sc1cc(O)cc(O)c1C(O)Cc1cccc(O)c1. The van der Waals surface area contributed by atoms with Gasteiger partial charge in [-0.3, -0.25) is 0 Å². The molecule has 0 amide bonds. The van der Waals surface area contributed by atoms with Crippen LogP contribution in [0.2, 0.25) is 0 Å². The van der Waals surface area contributed by atoms with Crippen molar-refractivity contribution in [1.82, 2.24) is 0 Å². The Morgan fingerprint density at radius 1 is 1.04 bits per heavy atom. The maximum Gasteiger partial charge on any atom is 0.388 e. The van der Waals surface area contributed by atoms with E-state index in [0.717, 1.165) is 12.1 Å². The molecule has 0 bridgehead atoms. The Hall–Kier alpha value is -1.70. The first kappa shape index (κ1) is 17.7. The summed E-state index contributed by atoms with van der Waals surface area (Å²) >= 11 is 0.135. The minimum Gasteiger partial charge on any atom is -0.508 e. The van der Waals surface area contributed by atoms with Crippen LogP contribution in [0, 0.1) is 0 Å². The molecule has 9 heteroatoms. The lowest BCUT2D eigenvalue weighted by Crippen LogP contribution is -2.04. The molecule has 0 spiro atoms. The van der Waals surface area contributed by atoms with Crippen LogP contribution in [0.4, 0.5) is 0 Å². The summed E-state index contributed by atoms with van der Waals surface area (Å²) in [6.07, 6.45) is -1.28. The zero-order valence-corrected chi connectivity index (χ0v) is 13.4. The first-order valence-electron chi connectivity index (χ1n) is 6.42. The Morgan fingerprint density at radius 3 is 2.35 bits per heavy atom. The van der Waals surface area contributed by atoms with E-state index in [2.05, 4.69) is 0 Å². The van der Waals surface area contributed by atoms with Gasteiger partial charge in [-0.15, -0.1) is 0 Å². The van der Waals surface area contributed by atoms with Gasteiger partial charge >= 0.3 is 6.80 Å². The highest BCUT2D eigenvalue weighted by Gasteiger charge is 2.25. The highest BCUT2D eigenvalue weighted by atomic mass is 32.7. The van der Waals surface area contributed by atoms with Crippen LogP contribution in [0.15, 0.2) is 41.3 Å². The number of aliphatic hydroxyl groups is 1. The summed E-state index contributed by atoms with van der Waals surface area (Å²) in [6, 6.07) is 8.16. The molecular formula is C14H15O7PS. The van der Waals surface area contributed by atoms with Crippen LogP contribution in [0.1, 0.15) is 17.2 Å². The van der Waals surface area contributed by atoms with Crippen molar-refractivity contribution in [3.8, 4) is 17.2 Å². The van der Waals surface area contributed by atoms with Crippen LogP contribution < -0.4 is 0 Å². The van der Waals surface area contributed by atoms with Gasteiger partial charge in [-0.1, -0.05) is 12.1 Å². The zero-order chi connectivity index (χ0) is 17.2. The molecule has 0 radical (unpaired) electrons. The maximum atomic E-state index is 11.2. The van der Waals surface area contributed by atoms with Crippen molar-refractivity contribution in [3.63, 3.8) is 0 Å². The minimum atomic E-state index is -4.54. The topological polar surface area (TPSA) is 138 Å². The second kappa shape index (κ2) is 6.82. The molecule has 1 unspecified atom stereocenters. The fourth-order valence-corrected chi connectivity index (χ4v) is 4.14. The van der Waals surface area contributed by atoms with E-state index >= 15 is 0 Å². The quantitative estimate of drug-likeness (QED) is 0.448. The molecule has 0 saturated carbocycles. The third kappa shape index (κ3) is 4.89. The smallest absolute Gasteiger partial charge is 0.388 e. The largest absolute Gasteiger partial charge is 0.508 e. The molecule has 7 nitrogen and oxygen atoms in total. The highest BCUT2D eigenvalue weighted by molar-refractivity contribution is 8.54. The van der Waals surface area contributed by atoms with Gasteiger partial charge in [-0.05, 0) is 35.1 Å². The molecule has 0 aliphatic carbocycles. The summed E-state index contributed by atoms with van der Waals surface area (Å²) in [4.78, 5) is 18.0. The number of hydrogen-bond donors (Lipinski definition) is 6. The Kier molecular flexibility index (Phi) is 5.23. The van der Waals surface area contributed by atoms with E-state index in [1.807, 2.05) is 0 Å².